The maximum atomic E-state index is 12.2. The first kappa shape index (κ1) is 14.1. The number of amides is 1. The minimum atomic E-state index is 0.0534. The summed E-state index contributed by atoms with van der Waals surface area (Å²) in [5.41, 5.74) is 1.74. The number of alkyl halides is 1. The molecule has 0 saturated heterocycles. The molecule has 2 nitrogen and oxygen atoms in total. The second kappa shape index (κ2) is 6.73. The average Bonchev–Trinajstić information content (AvgIpc) is 2.97. The van der Waals surface area contributed by atoms with Crippen LogP contribution in [0.25, 0.3) is 0 Å². The molecule has 0 unspecified atom stereocenters. The van der Waals surface area contributed by atoms with Crippen molar-refractivity contribution in [2.75, 3.05) is 13.6 Å². The Balaban J connectivity index is 1.94. The van der Waals surface area contributed by atoms with E-state index >= 15 is 0 Å². The Labute approximate surface area is 122 Å². The maximum absolute atomic E-state index is 12.2. The van der Waals surface area contributed by atoms with Gasteiger partial charge in [0.25, 0.3) is 5.91 Å². The van der Waals surface area contributed by atoms with Crippen molar-refractivity contribution in [1.82, 2.24) is 4.90 Å². The van der Waals surface area contributed by atoms with Crippen LogP contribution in [0.2, 0.25) is 0 Å². The van der Waals surface area contributed by atoms with Crippen LogP contribution in [0.3, 0.4) is 0 Å². The molecule has 0 radical (unpaired) electrons. The van der Waals surface area contributed by atoms with Gasteiger partial charge in [-0.05, 0) is 35.6 Å². The van der Waals surface area contributed by atoms with Crippen LogP contribution in [0, 0.1) is 0 Å². The largest absolute Gasteiger partial charge is 0.341 e. The summed E-state index contributed by atoms with van der Waals surface area (Å²) in [5, 5.41) is 2.06. The van der Waals surface area contributed by atoms with Crippen molar-refractivity contribution >= 4 is 28.8 Å². The summed E-state index contributed by atoms with van der Waals surface area (Å²) in [4.78, 5) is 15.3. The molecule has 0 saturated carbocycles. The van der Waals surface area contributed by atoms with Gasteiger partial charge < -0.3 is 4.90 Å². The third kappa shape index (κ3) is 3.82. The molecule has 0 aliphatic carbocycles. The van der Waals surface area contributed by atoms with Gasteiger partial charge in [0.1, 0.15) is 0 Å². The van der Waals surface area contributed by atoms with Crippen LogP contribution in [0.15, 0.2) is 41.8 Å². The summed E-state index contributed by atoms with van der Waals surface area (Å²) < 4.78 is 0. The second-order valence-corrected chi connectivity index (χ2v) is 5.69. The predicted molar refractivity (Wildman–Crippen MR) is 81.0 cm³/mol. The maximum Gasteiger partial charge on any atom is 0.253 e. The van der Waals surface area contributed by atoms with Gasteiger partial charge in [0.2, 0.25) is 0 Å². The molecular formula is C15H16ClNOS. The molecule has 1 amide bonds. The highest BCUT2D eigenvalue weighted by molar-refractivity contribution is 7.09. The normalized spacial score (nSPS) is 10.4. The van der Waals surface area contributed by atoms with E-state index in [0.29, 0.717) is 11.4 Å². The first-order chi connectivity index (χ1) is 9.20. The lowest BCUT2D eigenvalue weighted by Crippen LogP contribution is -2.28. The van der Waals surface area contributed by atoms with Gasteiger partial charge in [-0.15, -0.1) is 22.9 Å². The van der Waals surface area contributed by atoms with Crippen LogP contribution in [0.4, 0.5) is 0 Å². The molecule has 0 spiro atoms. The van der Waals surface area contributed by atoms with E-state index in [1.54, 1.807) is 16.2 Å². The number of halogens is 1. The number of thiophene rings is 1. The highest BCUT2D eigenvalue weighted by Gasteiger charge is 2.11. The monoisotopic (exact) mass is 293 g/mol. The Kier molecular flexibility index (Phi) is 5.00. The van der Waals surface area contributed by atoms with Crippen LogP contribution >= 0.6 is 22.9 Å². The van der Waals surface area contributed by atoms with Crippen molar-refractivity contribution in [2.45, 2.75) is 12.3 Å². The summed E-state index contributed by atoms with van der Waals surface area (Å²) in [6.45, 7) is 0.733. The lowest BCUT2D eigenvalue weighted by molar-refractivity contribution is 0.0797. The Hall–Kier alpha value is -1.32. The number of likely N-dealkylation sites (N-methyl/N-ethyl adjacent to an activating group) is 1. The zero-order valence-electron chi connectivity index (χ0n) is 10.8. The van der Waals surface area contributed by atoms with Crippen LogP contribution in [0.1, 0.15) is 20.8 Å². The quantitative estimate of drug-likeness (QED) is 0.768. The molecule has 100 valence electrons. The molecule has 1 aromatic carbocycles. The summed E-state index contributed by atoms with van der Waals surface area (Å²) in [5.74, 6) is 0.528. The summed E-state index contributed by atoms with van der Waals surface area (Å²) in [6, 6.07) is 11.6. The Morgan fingerprint density at radius 2 is 2.00 bits per heavy atom. The van der Waals surface area contributed by atoms with Crippen LogP contribution in [-0.4, -0.2) is 24.4 Å². The Morgan fingerprint density at radius 1 is 1.26 bits per heavy atom. The standard InChI is InChI=1S/C15H16ClNOS/c1-17(9-8-14-3-2-10-19-14)15(18)13-6-4-12(11-16)5-7-13/h2-7,10H,8-9,11H2,1H3. The second-order valence-electron chi connectivity index (χ2n) is 4.39. The molecule has 0 fully saturated rings. The molecule has 1 aromatic heterocycles. The Bertz CT molecular complexity index is 522. The fraction of sp³-hybridized carbons (Fsp3) is 0.267. The third-order valence-corrected chi connectivity index (χ3v) is 4.22. The van der Waals surface area contributed by atoms with Gasteiger partial charge in [-0.2, -0.15) is 0 Å². The molecule has 19 heavy (non-hydrogen) atoms. The first-order valence-corrected chi connectivity index (χ1v) is 7.55. The van der Waals surface area contributed by atoms with E-state index in [2.05, 4.69) is 11.4 Å². The van der Waals surface area contributed by atoms with Gasteiger partial charge in [0, 0.05) is 29.9 Å². The number of rotatable bonds is 5. The van der Waals surface area contributed by atoms with E-state index in [0.717, 1.165) is 18.5 Å². The highest BCUT2D eigenvalue weighted by atomic mass is 35.5. The zero-order chi connectivity index (χ0) is 13.7. The fourth-order valence-corrected chi connectivity index (χ4v) is 2.67. The number of hydrogen-bond donors (Lipinski definition) is 0. The van der Waals surface area contributed by atoms with E-state index in [1.807, 2.05) is 37.4 Å². The highest BCUT2D eigenvalue weighted by Crippen LogP contribution is 2.12. The number of nitrogens with zero attached hydrogens (tertiary/aromatic N) is 1. The number of carbonyl (C=O) groups is 1. The van der Waals surface area contributed by atoms with Crippen molar-refractivity contribution in [2.24, 2.45) is 0 Å². The predicted octanol–water partition coefficient (Wildman–Crippen LogP) is 3.80. The van der Waals surface area contributed by atoms with Gasteiger partial charge in [-0.1, -0.05) is 18.2 Å². The number of hydrogen-bond acceptors (Lipinski definition) is 2. The van der Waals surface area contributed by atoms with Crippen molar-refractivity contribution in [3.63, 3.8) is 0 Å². The van der Waals surface area contributed by atoms with Crippen molar-refractivity contribution in [3.05, 3.63) is 57.8 Å². The van der Waals surface area contributed by atoms with Gasteiger partial charge >= 0.3 is 0 Å². The topological polar surface area (TPSA) is 20.3 Å². The van der Waals surface area contributed by atoms with E-state index in [1.165, 1.54) is 4.88 Å². The molecule has 0 bridgehead atoms. The van der Waals surface area contributed by atoms with Gasteiger partial charge in [0.05, 0.1) is 0 Å². The summed E-state index contributed by atoms with van der Waals surface area (Å²) in [7, 11) is 1.84. The molecule has 0 atom stereocenters. The minimum Gasteiger partial charge on any atom is -0.341 e. The molecule has 0 aliphatic rings. The smallest absolute Gasteiger partial charge is 0.253 e. The van der Waals surface area contributed by atoms with E-state index in [-0.39, 0.29) is 5.91 Å². The zero-order valence-corrected chi connectivity index (χ0v) is 12.4. The van der Waals surface area contributed by atoms with Gasteiger partial charge in [-0.25, -0.2) is 0 Å². The van der Waals surface area contributed by atoms with Crippen LogP contribution in [0.5, 0.6) is 0 Å². The molecule has 0 aliphatic heterocycles. The molecule has 1 heterocycles. The van der Waals surface area contributed by atoms with Crippen molar-refractivity contribution in [3.8, 4) is 0 Å². The van der Waals surface area contributed by atoms with Crippen LogP contribution < -0.4 is 0 Å². The summed E-state index contributed by atoms with van der Waals surface area (Å²) in [6.07, 6.45) is 0.902. The third-order valence-electron chi connectivity index (χ3n) is 2.98. The molecule has 4 heteroatoms. The van der Waals surface area contributed by atoms with Gasteiger partial charge in [0.15, 0.2) is 0 Å². The molecular weight excluding hydrogens is 278 g/mol. The van der Waals surface area contributed by atoms with E-state index < -0.39 is 0 Å². The molecule has 2 rings (SSSR count). The SMILES string of the molecule is CN(CCc1cccs1)C(=O)c1ccc(CCl)cc1. The summed E-state index contributed by atoms with van der Waals surface area (Å²) >= 11 is 7.46. The van der Waals surface area contributed by atoms with E-state index in [4.69, 9.17) is 11.6 Å². The van der Waals surface area contributed by atoms with E-state index in [9.17, 15) is 4.79 Å². The molecule has 0 N–H and O–H groups in total. The fourth-order valence-electron chi connectivity index (χ4n) is 1.79. The molecule has 2 aromatic rings. The van der Waals surface area contributed by atoms with Crippen molar-refractivity contribution in [1.29, 1.82) is 0 Å². The van der Waals surface area contributed by atoms with Crippen molar-refractivity contribution < 1.29 is 4.79 Å². The number of carbonyl (C=O) groups excluding carboxylic acids is 1. The minimum absolute atomic E-state index is 0.0534. The lowest BCUT2D eigenvalue weighted by Gasteiger charge is -2.16. The lowest BCUT2D eigenvalue weighted by atomic mass is 10.1. The van der Waals surface area contributed by atoms with Crippen LogP contribution in [-0.2, 0) is 12.3 Å². The average molecular weight is 294 g/mol. The first-order valence-electron chi connectivity index (χ1n) is 6.13. The number of benzene rings is 1. The van der Waals surface area contributed by atoms with Gasteiger partial charge in [-0.3, -0.25) is 4.79 Å². The Morgan fingerprint density at radius 3 is 2.58 bits per heavy atom.